The van der Waals surface area contributed by atoms with Gasteiger partial charge in [-0.3, -0.25) is 9.59 Å². The van der Waals surface area contributed by atoms with E-state index in [1.807, 2.05) is 21.9 Å². The van der Waals surface area contributed by atoms with Crippen molar-refractivity contribution in [3.8, 4) is 0 Å². The van der Waals surface area contributed by atoms with E-state index in [4.69, 9.17) is 11.6 Å². The van der Waals surface area contributed by atoms with E-state index in [0.717, 1.165) is 44.7 Å². The zero-order chi connectivity index (χ0) is 17.1. The average Bonchev–Trinajstić information content (AvgIpc) is 2.62. The van der Waals surface area contributed by atoms with E-state index in [1.165, 1.54) is 6.42 Å². The molecule has 2 heterocycles. The van der Waals surface area contributed by atoms with Gasteiger partial charge in [-0.15, -0.1) is 0 Å². The number of likely N-dealkylation sites (tertiary alicyclic amines) is 1. The van der Waals surface area contributed by atoms with Gasteiger partial charge in [-0.1, -0.05) is 11.6 Å². The largest absolute Gasteiger partial charge is 0.367 e. The third kappa shape index (κ3) is 3.66. The summed E-state index contributed by atoms with van der Waals surface area (Å²) in [4.78, 5) is 29.9. The number of benzene rings is 1. The molecule has 0 saturated carbocycles. The first-order valence-electron chi connectivity index (χ1n) is 8.65. The van der Waals surface area contributed by atoms with Gasteiger partial charge in [0.25, 0.3) is 5.91 Å². The zero-order valence-electron chi connectivity index (χ0n) is 14.1. The predicted molar refractivity (Wildman–Crippen MR) is 95.7 cm³/mol. The van der Waals surface area contributed by atoms with Crippen LogP contribution in [0, 0.1) is 0 Å². The van der Waals surface area contributed by atoms with Crippen molar-refractivity contribution >= 4 is 29.1 Å². The lowest BCUT2D eigenvalue weighted by atomic mass is 10.1. The maximum Gasteiger partial charge on any atom is 0.253 e. The summed E-state index contributed by atoms with van der Waals surface area (Å²) >= 11 is 6.45. The Morgan fingerprint density at radius 1 is 0.917 bits per heavy atom. The highest BCUT2D eigenvalue weighted by Gasteiger charge is 2.22. The average molecular weight is 350 g/mol. The van der Waals surface area contributed by atoms with Gasteiger partial charge in [0.1, 0.15) is 0 Å². The molecule has 2 saturated heterocycles. The number of nitrogens with zero attached hydrogens (tertiary/aromatic N) is 3. The van der Waals surface area contributed by atoms with Crippen LogP contribution in [-0.4, -0.2) is 60.9 Å². The van der Waals surface area contributed by atoms with Crippen LogP contribution in [0.15, 0.2) is 18.2 Å². The van der Waals surface area contributed by atoms with E-state index in [1.54, 1.807) is 13.0 Å². The number of piperazine rings is 1. The summed E-state index contributed by atoms with van der Waals surface area (Å²) in [6.07, 6.45) is 3.37. The van der Waals surface area contributed by atoms with Gasteiger partial charge in [0.2, 0.25) is 5.91 Å². The number of rotatable bonds is 2. The first-order valence-corrected chi connectivity index (χ1v) is 9.03. The second-order valence-electron chi connectivity index (χ2n) is 6.51. The van der Waals surface area contributed by atoms with Gasteiger partial charge in [-0.25, -0.2) is 0 Å². The molecule has 24 heavy (non-hydrogen) atoms. The summed E-state index contributed by atoms with van der Waals surface area (Å²) in [5.41, 5.74) is 1.60. The minimum atomic E-state index is 0.0737. The lowest BCUT2D eigenvalue weighted by molar-refractivity contribution is -0.129. The molecule has 2 amide bonds. The number of carbonyl (C=O) groups is 2. The number of hydrogen-bond acceptors (Lipinski definition) is 3. The Labute approximate surface area is 148 Å². The van der Waals surface area contributed by atoms with Crippen LogP contribution in [0.5, 0.6) is 0 Å². The van der Waals surface area contributed by atoms with Gasteiger partial charge in [-0.2, -0.15) is 0 Å². The Morgan fingerprint density at radius 3 is 2.17 bits per heavy atom. The van der Waals surface area contributed by atoms with Gasteiger partial charge in [-0.05, 0) is 37.5 Å². The Bertz CT molecular complexity index is 621. The molecule has 0 aliphatic carbocycles. The van der Waals surface area contributed by atoms with E-state index < -0.39 is 0 Å². The molecule has 130 valence electrons. The number of piperidine rings is 1. The summed E-state index contributed by atoms with van der Waals surface area (Å²) in [5, 5.41) is 0.606. The SMILES string of the molecule is CC(=O)N1CCN(c2ccc(C(=O)N3CCCCC3)cc2Cl)CC1. The smallest absolute Gasteiger partial charge is 0.253 e. The van der Waals surface area contributed by atoms with Crippen molar-refractivity contribution < 1.29 is 9.59 Å². The van der Waals surface area contributed by atoms with Crippen LogP contribution in [0.2, 0.25) is 5.02 Å². The summed E-state index contributed by atoms with van der Waals surface area (Å²) < 4.78 is 0. The van der Waals surface area contributed by atoms with Crippen molar-refractivity contribution in [2.45, 2.75) is 26.2 Å². The van der Waals surface area contributed by atoms with Crippen molar-refractivity contribution in [1.82, 2.24) is 9.80 Å². The summed E-state index contributed by atoms with van der Waals surface area (Å²) in [6.45, 7) is 6.22. The normalized spacial score (nSPS) is 18.7. The fourth-order valence-corrected chi connectivity index (χ4v) is 3.74. The summed E-state index contributed by atoms with van der Waals surface area (Å²) in [5.74, 6) is 0.188. The Kier molecular flexibility index (Phi) is 5.29. The molecule has 1 aromatic rings. The molecule has 0 unspecified atom stereocenters. The van der Waals surface area contributed by atoms with Gasteiger partial charge >= 0.3 is 0 Å². The molecule has 0 N–H and O–H groups in total. The van der Waals surface area contributed by atoms with E-state index in [2.05, 4.69) is 4.90 Å². The molecule has 2 fully saturated rings. The van der Waals surface area contributed by atoms with Crippen LogP contribution >= 0.6 is 11.6 Å². The Hall–Kier alpha value is -1.75. The first-order chi connectivity index (χ1) is 11.6. The maximum absolute atomic E-state index is 12.6. The van der Waals surface area contributed by atoms with Crippen molar-refractivity contribution in [2.75, 3.05) is 44.2 Å². The minimum absolute atomic E-state index is 0.0737. The molecule has 0 bridgehead atoms. The lowest BCUT2D eigenvalue weighted by Gasteiger charge is -2.36. The Morgan fingerprint density at radius 2 is 1.58 bits per heavy atom. The minimum Gasteiger partial charge on any atom is -0.367 e. The number of anilines is 1. The van der Waals surface area contributed by atoms with Crippen molar-refractivity contribution in [3.05, 3.63) is 28.8 Å². The fourth-order valence-electron chi connectivity index (χ4n) is 3.44. The number of hydrogen-bond donors (Lipinski definition) is 0. The molecule has 3 rings (SSSR count). The highest BCUT2D eigenvalue weighted by molar-refractivity contribution is 6.33. The highest BCUT2D eigenvalue weighted by atomic mass is 35.5. The zero-order valence-corrected chi connectivity index (χ0v) is 14.9. The topological polar surface area (TPSA) is 43.9 Å². The molecule has 2 aliphatic rings. The fraction of sp³-hybridized carbons (Fsp3) is 0.556. The van der Waals surface area contributed by atoms with Crippen LogP contribution < -0.4 is 4.90 Å². The Balaban J connectivity index is 1.69. The molecular weight excluding hydrogens is 326 g/mol. The molecule has 6 heteroatoms. The van der Waals surface area contributed by atoms with Crippen molar-refractivity contribution in [1.29, 1.82) is 0 Å². The van der Waals surface area contributed by atoms with Crippen LogP contribution in [0.3, 0.4) is 0 Å². The third-order valence-electron chi connectivity index (χ3n) is 4.90. The van der Waals surface area contributed by atoms with E-state index in [0.29, 0.717) is 23.7 Å². The molecule has 0 radical (unpaired) electrons. The van der Waals surface area contributed by atoms with Gasteiger partial charge < -0.3 is 14.7 Å². The van der Waals surface area contributed by atoms with Crippen LogP contribution in [0.4, 0.5) is 5.69 Å². The van der Waals surface area contributed by atoms with E-state index >= 15 is 0 Å². The molecule has 0 aromatic heterocycles. The highest BCUT2D eigenvalue weighted by Crippen LogP contribution is 2.28. The van der Waals surface area contributed by atoms with Crippen LogP contribution in [-0.2, 0) is 4.79 Å². The second-order valence-corrected chi connectivity index (χ2v) is 6.92. The number of amides is 2. The monoisotopic (exact) mass is 349 g/mol. The van der Waals surface area contributed by atoms with E-state index in [-0.39, 0.29) is 11.8 Å². The number of carbonyl (C=O) groups excluding carboxylic acids is 2. The van der Waals surface area contributed by atoms with Crippen LogP contribution in [0.1, 0.15) is 36.5 Å². The molecule has 0 spiro atoms. The quantitative estimate of drug-likeness (QED) is 0.824. The maximum atomic E-state index is 12.6. The van der Waals surface area contributed by atoms with Crippen molar-refractivity contribution in [3.63, 3.8) is 0 Å². The molecule has 0 atom stereocenters. The number of halogens is 1. The summed E-state index contributed by atoms with van der Waals surface area (Å²) in [6, 6.07) is 5.59. The standard InChI is InChI=1S/C18H24ClN3O2/c1-14(23)20-9-11-21(12-10-20)17-6-5-15(13-16(17)19)18(24)22-7-3-2-4-8-22/h5-6,13H,2-4,7-12H2,1H3. The predicted octanol–water partition coefficient (Wildman–Crippen LogP) is 2.63. The molecule has 2 aliphatic heterocycles. The third-order valence-corrected chi connectivity index (χ3v) is 5.21. The lowest BCUT2D eigenvalue weighted by Crippen LogP contribution is -2.48. The van der Waals surface area contributed by atoms with Crippen molar-refractivity contribution in [2.24, 2.45) is 0 Å². The van der Waals surface area contributed by atoms with Gasteiger partial charge in [0, 0.05) is 51.8 Å². The van der Waals surface area contributed by atoms with Gasteiger partial charge in [0.15, 0.2) is 0 Å². The second kappa shape index (κ2) is 7.43. The molecule has 1 aromatic carbocycles. The van der Waals surface area contributed by atoms with E-state index in [9.17, 15) is 9.59 Å². The van der Waals surface area contributed by atoms with Crippen LogP contribution in [0.25, 0.3) is 0 Å². The first kappa shape index (κ1) is 17.1. The van der Waals surface area contributed by atoms with Gasteiger partial charge in [0.05, 0.1) is 10.7 Å². The molecule has 5 nitrogen and oxygen atoms in total. The summed E-state index contributed by atoms with van der Waals surface area (Å²) in [7, 11) is 0. The molecular formula is C18H24ClN3O2.